The van der Waals surface area contributed by atoms with Gasteiger partial charge in [0.1, 0.15) is 0 Å². The maximum absolute atomic E-state index is 13.2. The van der Waals surface area contributed by atoms with Crippen LogP contribution in [0.15, 0.2) is 30.3 Å². The van der Waals surface area contributed by atoms with Gasteiger partial charge < -0.3 is 19.3 Å². The number of nitrogens with zero attached hydrogens (tertiary/aromatic N) is 3. The van der Waals surface area contributed by atoms with Crippen molar-refractivity contribution in [1.82, 2.24) is 4.90 Å². The summed E-state index contributed by atoms with van der Waals surface area (Å²) in [6, 6.07) is 11.1. The third-order valence-electron chi connectivity index (χ3n) is 6.26. The lowest BCUT2D eigenvalue weighted by atomic mass is 9.82. The van der Waals surface area contributed by atoms with Crippen LogP contribution >= 0.6 is 0 Å². The van der Waals surface area contributed by atoms with Gasteiger partial charge in [-0.3, -0.25) is 14.4 Å². The largest absolute Gasteiger partial charge is 0.452 e. The molecule has 0 bridgehead atoms. The molecule has 1 unspecified atom stereocenters. The number of rotatable bonds is 8. The minimum atomic E-state index is -1.02. The quantitative estimate of drug-likeness (QED) is 0.575. The second-order valence-electron chi connectivity index (χ2n) is 8.44. The molecule has 8 heteroatoms. The minimum Gasteiger partial charge on any atom is -0.452 e. The fourth-order valence-corrected chi connectivity index (χ4v) is 4.41. The van der Waals surface area contributed by atoms with Gasteiger partial charge in [-0.25, -0.2) is 0 Å². The Morgan fingerprint density at radius 1 is 1.19 bits per heavy atom. The number of benzene rings is 1. The van der Waals surface area contributed by atoms with Crippen LogP contribution < -0.4 is 4.90 Å². The van der Waals surface area contributed by atoms with Crippen LogP contribution in [0.25, 0.3) is 0 Å². The van der Waals surface area contributed by atoms with Gasteiger partial charge in [-0.05, 0) is 31.9 Å². The summed E-state index contributed by atoms with van der Waals surface area (Å²) >= 11 is 0. The Morgan fingerprint density at radius 3 is 2.47 bits per heavy atom. The number of ether oxygens (including phenoxy) is 2. The van der Waals surface area contributed by atoms with Crippen LogP contribution in [-0.4, -0.2) is 61.6 Å². The summed E-state index contributed by atoms with van der Waals surface area (Å²) in [7, 11) is 0. The number of anilines is 1. The molecule has 2 aliphatic rings. The molecule has 1 aliphatic carbocycles. The average molecular weight is 442 g/mol. The molecule has 172 valence electrons. The van der Waals surface area contributed by atoms with Crippen molar-refractivity contribution in [3.63, 3.8) is 0 Å². The lowest BCUT2D eigenvalue weighted by Crippen LogP contribution is -2.46. The van der Waals surface area contributed by atoms with Crippen molar-refractivity contribution < 1.29 is 23.9 Å². The summed E-state index contributed by atoms with van der Waals surface area (Å²) in [6.07, 6.45) is 2.12. The van der Waals surface area contributed by atoms with Crippen molar-refractivity contribution in [2.75, 3.05) is 37.7 Å². The van der Waals surface area contributed by atoms with E-state index in [9.17, 15) is 14.4 Å². The lowest BCUT2D eigenvalue weighted by Gasteiger charge is -2.33. The average Bonchev–Trinajstić information content (AvgIpc) is 3.30. The highest BCUT2D eigenvalue weighted by molar-refractivity contribution is 5.98. The number of esters is 1. The molecule has 1 aliphatic heterocycles. The normalized spacial score (nSPS) is 18.4. The van der Waals surface area contributed by atoms with Gasteiger partial charge in [-0.1, -0.05) is 31.0 Å². The monoisotopic (exact) mass is 441 g/mol. The van der Waals surface area contributed by atoms with Gasteiger partial charge in [0.25, 0.3) is 5.91 Å². The SMILES string of the molecule is CC(OC(=O)C1(CC(=O)N2CCOCC2)CCCC1)C(=O)N(CCC#N)c1ccccc1. The number of carbonyl (C=O) groups excluding carboxylic acids is 3. The van der Waals surface area contributed by atoms with Crippen molar-refractivity contribution in [2.45, 2.75) is 51.6 Å². The van der Waals surface area contributed by atoms with E-state index >= 15 is 0 Å². The van der Waals surface area contributed by atoms with Crippen molar-refractivity contribution in [1.29, 1.82) is 5.26 Å². The number of hydrogen-bond acceptors (Lipinski definition) is 6. The molecule has 0 spiro atoms. The Hall–Kier alpha value is -2.92. The number of para-hydroxylation sites is 1. The first-order valence-corrected chi connectivity index (χ1v) is 11.3. The number of amides is 2. The van der Waals surface area contributed by atoms with Crippen LogP contribution in [-0.2, 0) is 23.9 Å². The molecule has 1 aromatic rings. The van der Waals surface area contributed by atoms with Crippen molar-refractivity contribution >= 4 is 23.5 Å². The Labute approximate surface area is 189 Å². The molecule has 32 heavy (non-hydrogen) atoms. The number of morpholine rings is 1. The Bertz CT molecular complexity index is 839. The zero-order valence-electron chi connectivity index (χ0n) is 18.6. The molecule has 1 saturated carbocycles. The summed E-state index contributed by atoms with van der Waals surface area (Å²) in [5, 5.41) is 8.98. The van der Waals surface area contributed by atoms with E-state index in [4.69, 9.17) is 14.7 Å². The van der Waals surface area contributed by atoms with E-state index in [0.29, 0.717) is 44.8 Å². The second-order valence-corrected chi connectivity index (χ2v) is 8.44. The predicted octanol–water partition coefficient (Wildman–Crippen LogP) is 2.67. The summed E-state index contributed by atoms with van der Waals surface area (Å²) < 4.78 is 11.0. The van der Waals surface area contributed by atoms with Crippen molar-refractivity contribution in [3.8, 4) is 6.07 Å². The Morgan fingerprint density at radius 2 is 1.84 bits per heavy atom. The van der Waals surface area contributed by atoms with Gasteiger partial charge in [0.2, 0.25) is 5.91 Å². The molecule has 2 fully saturated rings. The number of carbonyl (C=O) groups is 3. The molecular formula is C24H31N3O5. The highest BCUT2D eigenvalue weighted by Gasteiger charge is 2.46. The summed E-state index contributed by atoms with van der Waals surface area (Å²) in [5.74, 6) is -0.927. The van der Waals surface area contributed by atoms with Gasteiger partial charge >= 0.3 is 5.97 Å². The molecule has 0 aromatic heterocycles. The van der Waals surface area contributed by atoms with E-state index in [1.54, 1.807) is 24.0 Å². The van der Waals surface area contributed by atoms with Gasteiger partial charge in [0.05, 0.1) is 31.1 Å². The molecule has 3 rings (SSSR count). The lowest BCUT2D eigenvalue weighted by molar-refractivity contribution is -0.167. The first kappa shape index (κ1) is 23.7. The summed E-state index contributed by atoms with van der Waals surface area (Å²) in [4.78, 5) is 42.4. The summed E-state index contributed by atoms with van der Waals surface area (Å²) in [6.45, 7) is 3.84. The van der Waals surface area contributed by atoms with Crippen LogP contribution in [0.5, 0.6) is 0 Å². The molecule has 1 aromatic carbocycles. The molecule has 0 N–H and O–H groups in total. The minimum absolute atomic E-state index is 0.0638. The van der Waals surface area contributed by atoms with Crippen molar-refractivity contribution in [2.24, 2.45) is 5.41 Å². The standard InChI is InChI=1S/C24H31N3O5/c1-19(22(29)27(13-7-12-25)20-8-3-2-4-9-20)32-23(30)24(10-5-6-11-24)18-21(28)26-14-16-31-17-15-26/h2-4,8-9,19H,5-7,10-11,13-18H2,1H3. The molecular weight excluding hydrogens is 410 g/mol. The van der Waals surface area contributed by atoms with E-state index in [0.717, 1.165) is 12.8 Å². The van der Waals surface area contributed by atoms with E-state index in [2.05, 4.69) is 6.07 Å². The van der Waals surface area contributed by atoms with Crippen molar-refractivity contribution in [3.05, 3.63) is 30.3 Å². The second kappa shape index (κ2) is 11.1. The third-order valence-corrected chi connectivity index (χ3v) is 6.26. The highest BCUT2D eigenvalue weighted by Crippen LogP contribution is 2.43. The van der Waals surface area contributed by atoms with Crippen LogP contribution in [0, 0.1) is 16.7 Å². The van der Waals surface area contributed by atoms with Gasteiger partial charge in [0.15, 0.2) is 6.10 Å². The van der Waals surface area contributed by atoms with E-state index in [1.165, 1.54) is 4.90 Å². The maximum Gasteiger partial charge on any atom is 0.313 e. The fourth-order valence-electron chi connectivity index (χ4n) is 4.41. The zero-order valence-corrected chi connectivity index (χ0v) is 18.6. The fraction of sp³-hybridized carbons (Fsp3) is 0.583. The van der Waals surface area contributed by atoms with Crippen LogP contribution in [0.4, 0.5) is 5.69 Å². The predicted molar refractivity (Wildman–Crippen MR) is 117 cm³/mol. The molecule has 8 nitrogen and oxygen atoms in total. The van der Waals surface area contributed by atoms with E-state index in [1.807, 2.05) is 18.2 Å². The van der Waals surface area contributed by atoms with Gasteiger partial charge in [-0.2, -0.15) is 5.26 Å². The molecule has 2 amide bonds. The smallest absolute Gasteiger partial charge is 0.313 e. The van der Waals surface area contributed by atoms with Crippen LogP contribution in [0.2, 0.25) is 0 Å². The molecule has 1 heterocycles. The first-order chi connectivity index (χ1) is 15.5. The van der Waals surface area contributed by atoms with Gasteiger partial charge in [-0.15, -0.1) is 0 Å². The van der Waals surface area contributed by atoms with E-state index in [-0.39, 0.29) is 31.2 Å². The highest BCUT2D eigenvalue weighted by atomic mass is 16.5. The van der Waals surface area contributed by atoms with Crippen LogP contribution in [0.1, 0.15) is 45.4 Å². The Kier molecular flexibility index (Phi) is 8.23. The first-order valence-electron chi connectivity index (χ1n) is 11.3. The van der Waals surface area contributed by atoms with Gasteiger partial charge in [0, 0.05) is 31.7 Å². The molecule has 1 saturated heterocycles. The summed E-state index contributed by atoms with van der Waals surface area (Å²) in [5.41, 5.74) is -0.234. The van der Waals surface area contributed by atoms with Crippen LogP contribution in [0.3, 0.4) is 0 Å². The molecule has 0 radical (unpaired) electrons. The number of hydrogen-bond donors (Lipinski definition) is 0. The number of nitriles is 1. The molecule has 1 atom stereocenters. The zero-order chi connectivity index (χ0) is 23.0. The van der Waals surface area contributed by atoms with E-state index < -0.39 is 17.5 Å². The third kappa shape index (κ3) is 5.65. The topological polar surface area (TPSA) is 99.9 Å². The maximum atomic E-state index is 13.2. The Balaban J connectivity index is 1.69.